The van der Waals surface area contributed by atoms with Gasteiger partial charge in [0.1, 0.15) is 5.82 Å². The Kier molecular flexibility index (Phi) is 10.0. The molecule has 0 aliphatic heterocycles. The molecular weight excluding hydrogens is 651 g/mol. The van der Waals surface area contributed by atoms with Crippen LogP contribution < -0.4 is 10.6 Å². The summed E-state index contributed by atoms with van der Waals surface area (Å²) >= 11 is 6.10. The number of fused-ring (bicyclic) bond motifs is 1. The predicted octanol–water partition coefficient (Wildman–Crippen LogP) is 9.51. The number of amides is 2. The van der Waals surface area contributed by atoms with Crippen molar-refractivity contribution in [3.05, 3.63) is 166 Å². The van der Waals surface area contributed by atoms with Gasteiger partial charge in [-0.05, 0) is 82.9 Å². The molecule has 0 aliphatic rings. The molecule has 0 saturated heterocycles. The Morgan fingerprint density at radius 2 is 1.53 bits per heavy atom. The third-order valence-electron chi connectivity index (χ3n) is 7.84. The second kappa shape index (κ2) is 14.7. The first-order valence-electron chi connectivity index (χ1n) is 15.3. The van der Waals surface area contributed by atoms with Crippen LogP contribution in [0.3, 0.4) is 0 Å². The van der Waals surface area contributed by atoms with Gasteiger partial charge in [-0.2, -0.15) is 13.2 Å². The van der Waals surface area contributed by atoms with Crippen molar-refractivity contribution in [3.63, 3.8) is 0 Å². The molecule has 6 nitrogen and oxygen atoms in total. The van der Waals surface area contributed by atoms with Crippen molar-refractivity contribution in [2.75, 3.05) is 11.9 Å². The van der Waals surface area contributed by atoms with Gasteiger partial charge in [0.2, 0.25) is 0 Å². The van der Waals surface area contributed by atoms with Crippen LogP contribution in [-0.4, -0.2) is 23.4 Å². The molecule has 6 aromatic rings. The third-order valence-corrected chi connectivity index (χ3v) is 8.07. The van der Waals surface area contributed by atoms with Crippen LogP contribution in [0, 0.1) is 0 Å². The summed E-state index contributed by atoms with van der Waals surface area (Å²) in [4.78, 5) is 31.3. The Morgan fingerprint density at radius 1 is 0.776 bits per heavy atom. The Bertz CT molecular complexity index is 2110. The third kappa shape index (κ3) is 8.32. The summed E-state index contributed by atoms with van der Waals surface area (Å²) in [6, 6.07) is 36.3. The number of alkyl halides is 3. The number of aromatic nitrogens is 1. The van der Waals surface area contributed by atoms with Crippen molar-refractivity contribution in [3.8, 4) is 11.1 Å². The highest BCUT2D eigenvalue weighted by Crippen LogP contribution is 2.32. The first-order valence-corrected chi connectivity index (χ1v) is 15.7. The zero-order valence-electron chi connectivity index (χ0n) is 25.9. The number of rotatable bonds is 10. The zero-order chi connectivity index (χ0) is 34.4. The number of benzene rings is 5. The molecular formula is C39H29ClF3N3O3. The number of pyridine rings is 1. The smallest absolute Gasteiger partial charge is 0.374 e. The van der Waals surface area contributed by atoms with Gasteiger partial charge in [-0.25, -0.2) is 4.98 Å². The number of halogens is 4. The molecule has 246 valence electrons. The minimum Gasteiger partial charge on any atom is -0.374 e. The SMILES string of the molecule is O=C(N[C@H](COCc1cccc(Cl)c1)c1ccccc1)c1ccc2nc(NC(=O)c3ccccc3-c3ccc(C(F)(F)F)cc3)ccc2c1. The van der Waals surface area contributed by atoms with Crippen LogP contribution in [-0.2, 0) is 17.5 Å². The summed E-state index contributed by atoms with van der Waals surface area (Å²) in [5.41, 5.74) is 3.25. The summed E-state index contributed by atoms with van der Waals surface area (Å²) < 4.78 is 45.1. The number of hydrogen-bond donors (Lipinski definition) is 2. The lowest BCUT2D eigenvalue weighted by atomic mass is 9.98. The standard InChI is InChI=1S/C39H29ClF3N3O3/c40-31-10-6-7-25(21-31)23-49-24-35(27-8-2-1-3-9-27)45-37(47)29-15-19-34-28(22-29)16-20-36(44-34)46-38(48)33-12-5-4-11-32(33)26-13-17-30(18-14-26)39(41,42)43/h1-22,35H,23-24H2,(H,45,47)(H,44,46,48)/t35-/m1/s1. The van der Waals surface area contributed by atoms with Crippen LogP contribution in [0.5, 0.6) is 0 Å². The summed E-state index contributed by atoms with van der Waals surface area (Å²) in [6.45, 7) is 0.573. The van der Waals surface area contributed by atoms with E-state index in [9.17, 15) is 22.8 Å². The van der Waals surface area contributed by atoms with Crippen molar-refractivity contribution < 1.29 is 27.5 Å². The normalized spacial score (nSPS) is 12.0. The van der Waals surface area contributed by atoms with Gasteiger partial charge in [0, 0.05) is 21.5 Å². The Morgan fingerprint density at radius 3 is 2.29 bits per heavy atom. The maximum absolute atomic E-state index is 13.4. The van der Waals surface area contributed by atoms with E-state index in [1.807, 2.05) is 48.5 Å². The van der Waals surface area contributed by atoms with E-state index < -0.39 is 23.7 Å². The van der Waals surface area contributed by atoms with Crippen LogP contribution >= 0.6 is 11.6 Å². The van der Waals surface area contributed by atoms with E-state index in [0.717, 1.165) is 23.3 Å². The Hall–Kier alpha value is -5.51. The molecule has 1 heterocycles. The maximum Gasteiger partial charge on any atom is 0.416 e. The van der Waals surface area contributed by atoms with Gasteiger partial charge in [0.05, 0.1) is 30.3 Å². The quantitative estimate of drug-likeness (QED) is 0.151. The number of hydrogen-bond acceptors (Lipinski definition) is 4. The number of carbonyl (C=O) groups excluding carboxylic acids is 2. The molecule has 10 heteroatoms. The number of nitrogens with zero attached hydrogens (tertiary/aromatic N) is 1. The fourth-order valence-corrected chi connectivity index (χ4v) is 5.57. The summed E-state index contributed by atoms with van der Waals surface area (Å²) in [5, 5.41) is 7.16. The minimum atomic E-state index is -4.46. The molecule has 0 unspecified atom stereocenters. The van der Waals surface area contributed by atoms with Crippen molar-refractivity contribution in [2.45, 2.75) is 18.8 Å². The average Bonchev–Trinajstić information content (AvgIpc) is 3.11. The van der Waals surface area contributed by atoms with Crippen molar-refractivity contribution in [1.29, 1.82) is 0 Å². The second-order valence-corrected chi connectivity index (χ2v) is 11.7. The Balaban J connectivity index is 1.15. The van der Waals surface area contributed by atoms with E-state index in [4.69, 9.17) is 16.3 Å². The molecule has 0 spiro atoms. The van der Waals surface area contributed by atoms with Crippen molar-refractivity contribution in [2.24, 2.45) is 0 Å². The van der Waals surface area contributed by atoms with Gasteiger partial charge in [-0.3, -0.25) is 9.59 Å². The molecule has 6 rings (SSSR count). The molecule has 0 fully saturated rings. The van der Waals surface area contributed by atoms with Crippen LogP contribution in [0.1, 0.15) is 43.4 Å². The fraction of sp³-hybridized carbons (Fsp3) is 0.103. The van der Waals surface area contributed by atoms with Gasteiger partial charge in [-0.15, -0.1) is 0 Å². The zero-order valence-corrected chi connectivity index (χ0v) is 26.6. The van der Waals surface area contributed by atoms with Crippen LogP contribution in [0.2, 0.25) is 5.02 Å². The van der Waals surface area contributed by atoms with Gasteiger partial charge < -0.3 is 15.4 Å². The molecule has 0 saturated carbocycles. The highest BCUT2D eigenvalue weighted by atomic mass is 35.5. The van der Waals surface area contributed by atoms with Crippen LogP contribution in [0.4, 0.5) is 19.0 Å². The maximum atomic E-state index is 13.4. The first kappa shape index (κ1) is 33.4. The molecule has 49 heavy (non-hydrogen) atoms. The number of anilines is 1. The van der Waals surface area contributed by atoms with Crippen LogP contribution in [0.15, 0.2) is 133 Å². The molecule has 1 aromatic heterocycles. The summed E-state index contributed by atoms with van der Waals surface area (Å²) in [5.74, 6) is -0.486. The first-order chi connectivity index (χ1) is 23.6. The van der Waals surface area contributed by atoms with E-state index in [2.05, 4.69) is 15.6 Å². The van der Waals surface area contributed by atoms with E-state index in [-0.39, 0.29) is 23.9 Å². The van der Waals surface area contributed by atoms with E-state index in [1.165, 1.54) is 12.1 Å². The van der Waals surface area contributed by atoms with E-state index >= 15 is 0 Å². The highest BCUT2D eigenvalue weighted by Gasteiger charge is 2.30. The average molecular weight is 680 g/mol. The van der Waals surface area contributed by atoms with Crippen molar-refractivity contribution >= 4 is 40.1 Å². The predicted molar refractivity (Wildman–Crippen MR) is 184 cm³/mol. The van der Waals surface area contributed by atoms with Gasteiger partial charge in [0.25, 0.3) is 11.8 Å². The number of ether oxygens (including phenoxy) is 1. The lowest BCUT2D eigenvalue weighted by Crippen LogP contribution is -2.31. The monoisotopic (exact) mass is 679 g/mol. The fourth-order valence-electron chi connectivity index (χ4n) is 5.36. The molecule has 1 atom stereocenters. The van der Waals surface area contributed by atoms with Gasteiger partial charge in [0.15, 0.2) is 0 Å². The molecule has 2 amide bonds. The van der Waals surface area contributed by atoms with Crippen molar-refractivity contribution in [1.82, 2.24) is 10.3 Å². The van der Waals surface area contributed by atoms with E-state index in [0.29, 0.717) is 39.2 Å². The summed E-state index contributed by atoms with van der Waals surface area (Å²) in [7, 11) is 0. The molecule has 5 aromatic carbocycles. The molecule has 2 N–H and O–H groups in total. The van der Waals surface area contributed by atoms with Crippen LogP contribution in [0.25, 0.3) is 22.0 Å². The highest BCUT2D eigenvalue weighted by molar-refractivity contribution is 6.30. The Labute approximate surface area is 285 Å². The number of nitrogens with one attached hydrogen (secondary N) is 2. The lowest BCUT2D eigenvalue weighted by Gasteiger charge is -2.20. The lowest BCUT2D eigenvalue weighted by molar-refractivity contribution is -0.137. The minimum absolute atomic E-state index is 0.239. The van der Waals surface area contributed by atoms with E-state index in [1.54, 1.807) is 60.7 Å². The number of carbonyl (C=O) groups is 2. The van der Waals surface area contributed by atoms with Gasteiger partial charge in [-0.1, -0.05) is 84.4 Å². The second-order valence-electron chi connectivity index (χ2n) is 11.3. The molecule has 0 bridgehead atoms. The molecule has 0 aliphatic carbocycles. The van der Waals surface area contributed by atoms with Gasteiger partial charge >= 0.3 is 6.18 Å². The topological polar surface area (TPSA) is 80.3 Å². The molecule has 0 radical (unpaired) electrons. The largest absolute Gasteiger partial charge is 0.416 e. The summed E-state index contributed by atoms with van der Waals surface area (Å²) in [6.07, 6.45) is -4.46.